The van der Waals surface area contributed by atoms with E-state index in [9.17, 15) is 14.3 Å². The molecule has 0 aliphatic carbocycles. The third-order valence-corrected chi connectivity index (χ3v) is 2.72. The van der Waals surface area contributed by atoms with E-state index in [0.717, 1.165) is 6.07 Å². The fraction of sp³-hybridized carbons (Fsp3) is 0.417. The zero-order chi connectivity index (χ0) is 12.8. The molecule has 0 saturated heterocycles. The van der Waals surface area contributed by atoms with Gasteiger partial charge in [-0.05, 0) is 31.0 Å². The van der Waals surface area contributed by atoms with Crippen LogP contribution >= 0.6 is 11.6 Å². The number of halogens is 2. The van der Waals surface area contributed by atoms with Crippen LogP contribution in [0.15, 0.2) is 18.2 Å². The first-order chi connectivity index (χ1) is 8.04. The zero-order valence-electron chi connectivity index (χ0n) is 9.54. The Morgan fingerprint density at radius 2 is 2.29 bits per heavy atom. The van der Waals surface area contributed by atoms with Gasteiger partial charge in [0.2, 0.25) is 0 Å². The van der Waals surface area contributed by atoms with E-state index in [4.69, 9.17) is 11.6 Å². The minimum Gasteiger partial charge on any atom is -0.393 e. The molecule has 1 aromatic rings. The van der Waals surface area contributed by atoms with Crippen LogP contribution in [-0.4, -0.2) is 23.7 Å². The lowest BCUT2D eigenvalue weighted by atomic mass is 10.2. The number of hydrogen-bond donors (Lipinski definition) is 2. The highest BCUT2D eigenvalue weighted by molar-refractivity contribution is 6.30. The molecule has 0 bridgehead atoms. The fourth-order valence-electron chi connectivity index (χ4n) is 1.30. The molecule has 1 atom stereocenters. The molecule has 94 valence electrons. The van der Waals surface area contributed by atoms with E-state index in [1.54, 1.807) is 0 Å². The molecule has 1 unspecified atom stereocenters. The average molecular weight is 260 g/mol. The molecule has 0 spiro atoms. The normalized spacial score (nSPS) is 12.2. The van der Waals surface area contributed by atoms with Crippen molar-refractivity contribution in [1.29, 1.82) is 0 Å². The van der Waals surface area contributed by atoms with Crippen molar-refractivity contribution in [3.63, 3.8) is 0 Å². The van der Waals surface area contributed by atoms with Gasteiger partial charge in [0.15, 0.2) is 0 Å². The Balaban J connectivity index is 2.50. The Bertz CT molecular complexity index is 398. The summed E-state index contributed by atoms with van der Waals surface area (Å²) >= 11 is 5.51. The number of carbonyl (C=O) groups is 1. The van der Waals surface area contributed by atoms with Gasteiger partial charge in [-0.15, -0.1) is 0 Å². The summed E-state index contributed by atoms with van der Waals surface area (Å²) in [5, 5.41) is 11.9. The van der Waals surface area contributed by atoms with Crippen molar-refractivity contribution in [2.24, 2.45) is 0 Å². The van der Waals surface area contributed by atoms with Gasteiger partial charge in [-0.3, -0.25) is 4.79 Å². The van der Waals surface area contributed by atoms with Gasteiger partial charge in [-0.2, -0.15) is 0 Å². The molecule has 0 aromatic heterocycles. The van der Waals surface area contributed by atoms with Crippen molar-refractivity contribution in [3.8, 4) is 0 Å². The first kappa shape index (κ1) is 13.9. The molecule has 0 heterocycles. The summed E-state index contributed by atoms with van der Waals surface area (Å²) in [5.74, 6) is -0.989. The molecular formula is C12H15ClFNO2. The molecule has 1 aromatic carbocycles. The number of hydrogen-bond acceptors (Lipinski definition) is 2. The van der Waals surface area contributed by atoms with Crippen LogP contribution in [0.5, 0.6) is 0 Å². The third-order valence-electron chi connectivity index (χ3n) is 2.42. The van der Waals surface area contributed by atoms with Crippen molar-refractivity contribution in [1.82, 2.24) is 5.32 Å². The maximum absolute atomic E-state index is 13.1. The van der Waals surface area contributed by atoms with E-state index in [1.165, 1.54) is 12.1 Å². The molecule has 0 aliphatic heterocycles. The van der Waals surface area contributed by atoms with Crippen LogP contribution in [0.25, 0.3) is 0 Å². The minimum absolute atomic E-state index is 0.0112. The molecule has 1 amide bonds. The van der Waals surface area contributed by atoms with Crippen LogP contribution < -0.4 is 5.32 Å². The summed E-state index contributed by atoms with van der Waals surface area (Å²) in [7, 11) is 0. The van der Waals surface area contributed by atoms with Gasteiger partial charge >= 0.3 is 0 Å². The predicted octanol–water partition coefficient (Wildman–Crippen LogP) is 2.37. The number of benzene rings is 1. The topological polar surface area (TPSA) is 49.3 Å². The first-order valence-electron chi connectivity index (χ1n) is 5.46. The van der Waals surface area contributed by atoms with E-state index >= 15 is 0 Å². The molecule has 0 radical (unpaired) electrons. The fourth-order valence-corrected chi connectivity index (χ4v) is 1.41. The largest absolute Gasteiger partial charge is 0.393 e. The maximum atomic E-state index is 13.1. The summed E-state index contributed by atoms with van der Waals surface area (Å²) in [5.41, 5.74) is 0.220. The van der Waals surface area contributed by atoms with E-state index in [-0.39, 0.29) is 16.5 Å². The van der Waals surface area contributed by atoms with Crippen LogP contribution in [0.4, 0.5) is 4.39 Å². The molecular weight excluding hydrogens is 245 g/mol. The summed E-state index contributed by atoms with van der Waals surface area (Å²) in [4.78, 5) is 11.6. The molecule has 17 heavy (non-hydrogen) atoms. The van der Waals surface area contributed by atoms with E-state index in [0.29, 0.717) is 19.4 Å². The number of rotatable bonds is 5. The summed E-state index contributed by atoms with van der Waals surface area (Å²) < 4.78 is 13.1. The monoisotopic (exact) mass is 259 g/mol. The van der Waals surface area contributed by atoms with Crippen LogP contribution in [0.3, 0.4) is 0 Å². The molecule has 1 rings (SSSR count). The summed E-state index contributed by atoms with van der Waals surface area (Å²) in [6.45, 7) is 2.22. The summed E-state index contributed by atoms with van der Waals surface area (Å²) in [6.07, 6.45) is 0.710. The quantitative estimate of drug-likeness (QED) is 0.853. The Morgan fingerprint density at radius 1 is 1.59 bits per heavy atom. The lowest BCUT2D eigenvalue weighted by Gasteiger charge is -2.09. The standard InChI is InChI=1S/C12H15ClFNO2/c1-2-9(16)5-6-15-12(17)8-3-4-10(13)11(14)7-8/h3-4,7,9,16H,2,5-6H2,1H3,(H,15,17). The number of aliphatic hydroxyl groups is 1. The molecule has 0 aliphatic rings. The van der Waals surface area contributed by atoms with Gasteiger partial charge in [-0.25, -0.2) is 4.39 Å². The molecule has 3 nitrogen and oxygen atoms in total. The smallest absolute Gasteiger partial charge is 0.251 e. The Hall–Kier alpha value is -1.13. The second-order valence-electron chi connectivity index (χ2n) is 3.74. The van der Waals surface area contributed by atoms with Crippen LogP contribution in [0.1, 0.15) is 30.1 Å². The van der Waals surface area contributed by atoms with E-state index in [1.807, 2.05) is 6.92 Å². The lowest BCUT2D eigenvalue weighted by molar-refractivity contribution is 0.0941. The average Bonchev–Trinajstić information content (AvgIpc) is 2.32. The minimum atomic E-state index is -0.618. The first-order valence-corrected chi connectivity index (χ1v) is 5.83. The van der Waals surface area contributed by atoms with E-state index < -0.39 is 11.9 Å². The third kappa shape index (κ3) is 4.32. The van der Waals surface area contributed by atoms with Crippen molar-refractivity contribution >= 4 is 17.5 Å². The SMILES string of the molecule is CCC(O)CCNC(=O)c1ccc(Cl)c(F)c1. The number of carbonyl (C=O) groups excluding carboxylic acids is 1. The maximum Gasteiger partial charge on any atom is 0.251 e. The van der Waals surface area contributed by atoms with Gasteiger partial charge in [-0.1, -0.05) is 18.5 Å². The second kappa shape index (κ2) is 6.57. The molecule has 5 heteroatoms. The van der Waals surface area contributed by atoms with Gasteiger partial charge in [0, 0.05) is 12.1 Å². The van der Waals surface area contributed by atoms with Crippen molar-refractivity contribution in [2.75, 3.05) is 6.54 Å². The molecule has 0 fully saturated rings. The Labute approximate surface area is 105 Å². The van der Waals surface area contributed by atoms with Gasteiger partial charge in [0.25, 0.3) is 5.91 Å². The van der Waals surface area contributed by atoms with Crippen molar-refractivity contribution < 1.29 is 14.3 Å². The van der Waals surface area contributed by atoms with Crippen molar-refractivity contribution in [2.45, 2.75) is 25.9 Å². The van der Waals surface area contributed by atoms with Gasteiger partial charge in [0.05, 0.1) is 11.1 Å². The lowest BCUT2D eigenvalue weighted by Crippen LogP contribution is -2.27. The Kier molecular flexibility index (Phi) is 5.38. The predicted molar refractivity (Wildman–Crippen MR) is 64.7 cm³/mol. The number of nitrogens with one attached hydrogen (secondary N) is 1. The highest BCUT2D eigenvalue weighted by atomic mass is 35.5. The summed E-state index contributed by atoms with van der Waals surface area (Å²) in [6, 6.07) is 3.89. The number of amides is 1. The highest BCUT2D eigenvalue weighted by Gasteiger charge is 2.09. The van der Waals surface area contributed by atoms with Crippen LogP contribution in [-0.2, 0) is 0 Å². The second-order valence-corrected chi connectivity index (χ2v) is 4.14. The van der Waals surface area contributed by atoms with Gasteiger partial charge < -0.3 is 10.4 Å². The Morgan fingerprint density at radius 3 is 2.88 bits per heavy atom. The number of aliphatic hydroxyl groups excluding tert-OH is 1. The van der Waals surface area contributed by atoms with Crippen LogP contribution in [0, 0.1) is 5.82 Å². The highest BCUT2D eigenvalue weighted by Crippen LogP contribution is 2.15. The van der Waals surface area contributed by atoms with E-state index in [2.05, 4.69) is 5.32 Å². The van der Waals surface area contributed by atoms with Crippen molar-refractivity contribution in [3.05, 3.63) is 34.6 Å². The molecule has 0 saturated carbocycles. The van der Waals surface area contributed by atoms with Crippen LogP contribution in [0.2, 0.25) is 5.02 Å². The molecule has 2 N–H and O–H groups in total. The van der Waals surface area contributed by atoms with Gasteiger partial charge in [0.1, 0.15) is 5.82 Å². The zero-order valence-corrected chi connectivity index (χ0v) is 10.3.